The number of hydroxylamine groups is 2. The lowest BCUT2D eigenvalue weighted by atomic mass is 9.85. The standard InChI is InChI=1S/C17H22N4O5/c1-10-13(19-20-18)15-12(25-14(10)16(22)21(2)23-3)9-24-17(26-15)11-7-5-4-6-8-11/h4-8,10,12-15,17H,9H2,1-3H3/t10-,12?,13?,14+,15-,17?/m0/s1. The molecule has 0 N–H and O–H groups in total. The van der Waals surface area contributed by atoms with Gasteiger partial charge in [0.15, 0.2) is 6.29 Å². The van der Waals surface area contributed by atoms with Crippen molar-refractivity contribution >= 4 is 5.91 Å². The molecule has 2 aliphatic rings. The Labute approximate surface area is 151 Å². The van der Waals surface area contributed by atoms with Gasteiger partial charge in [-0.3, -0.25) is 9.63 Å². The highest BCUT2D eigenvalue weighted by Crippen LogP contribution is 2.38. The SMILES string of the molecule is CON(C)C(=O)[C@@H]1OC2COC(c3ccccc3)O[C@@H]2C(N=[N+]=[N-])[C@@H]1C. The summed E-state index contributed by atoms with van der Waals surface area (Å²) in [5.41, 5.74) is 9.87. The molecular formula is C17H22N4O5. The molecule has 9 nitrogen and oxygen atoms in total. The van der Waals surface area contributed by atoms with E-state index in [9.17, 15) is 4.79 Å². The maximum atomic E-state index is 12.5. The quantitative estimate of drug-likeness (QED) is 0.353. The molecule has 0 bridgehead atoms. The fourth-order valence-electron chi connectivity index (χ4n) is 3.32. The van der Waals surface area contributed by atoms with Gasteiger partial charge >= 0.3 is 0 Å². The Morgan fingerprint density at radius 1 is 1.35 bits per heavy atom. The molecular weight excluding hydrogens is 340 g/mol. The molecule has 6 atom stereocenters. The molecule has 1 amide bonds. The van der Waals surface area contributed by atoms with E-state index in [1.54, 1.807) is 6.92 Å². The van der Waals surface area contributed by atoms with Gasteiger partial charge in [-0.15, -0.1) is 0 Å². The number of carbonyl (C=O) groups is 1. The summed E-state index contributed by atoms with van der Waals surface area (Å²) in [4.78, 5) is 20.4. The highest BCUT2D eigenvalue weighted by Gasteiger charge is 2.50. The molecule has 0 spiro atoms. The second kappa shape index (κ2) is 8.03. The molecule has 1 aromatic rings. The van der Waals surface area contributed by atoms with Gasteiger partial charge in [0.25, 0.3) is 5.91 Å². The van der Waals surface area contributed by atoms with Crippen LogP contribution in [0.4, 0.5) is 0 Å². The van der Waals surface area contributed by atoms with Crippen molar-refractivity contribution in [2.75, 3.05) is 20.8 Å². The Balaban J connectivity index is 1.82. The van der Waals surface area contributed by atoms with E-state index in [1.165, 1.54) is 14.2 Å². The summed E-state index contributed by atoms with van der Waals surface area (Å²) >= 11 is 0. The Hall–Kier alpha value is -2.16. The van der Waals surface area contributed by atoms with Crippen molar-refractivity contribution in [3.05, 3.63) is 46.3 Å². The minimum atomic E-state index is -0.808. The predicted molar refractivity (Wildman–Crippen MR) is 90.5 cm³/mol. The largest absolute Gasteiger partial charge is 0.360 e. The number of benzene rings is 1. The van der Waals surface area contributed by atoms with Crippen molar-refractivity contribution in [3.63, 3.8) is 0 Å². The van der Waals surface area contributed by atoms with Crippen LogP contribution in [0.3, 0.4) is 0 Å². The number of likely N-dealkylation sites (N-methyl/N-ethyl adjacent to an activating group) is 1. The van der Waals surface area contributed by atoms with Gasteiger partial charge in [-0.25, -0.2) is 5.06 Å². The van der Waals surface area contributed by atoms with Gasteiger partial charge in [-0.1, -0.05) is 42.4 Å². The molecule has 2 fully saturated rings. The van der Waals surface area contributed by atoms with Crippen LogP contribution in [0.15, 0.2) is 35.4 Å². The molecule has 140 valence electrons. The van der Waals surface area contributed by atoms with Crippen LogP contribution in [-0.2, 0) is 23.8 Å². The number of amides is 1. The molecule has 9 heteroatoms. The van der Waals surface area contributed by atoms with E-state index >= 15 is 0 Å². The summed E-state index contributed by atoms with van der Waals surface area (Å²) in [6, 6.07) is 8.95. The van der Waals surface area contributed by atoms with Gasteiger partial charge in [0.2, 0.25) is 0 Å². The molecule has 0 saturated carbocycles. The van der Waals surface area contributed by atoms with Crippen LogP contribution in [-0.4, -0.2) is 56.1 Å². The first kappa shape index (κ1) is 18.6. The molecule has 0 aromatic heterocycles. The van der Waals surface area contributed by atoms with E-state index in [4.69, 9.17) is 24.6 Å². The zero-order valence-corrected chi connectivity index (χ0v) is 14.9. The van der Waals surface area contributed by atoms with Crippen LogP contribution in [0.1, 0.15) is 18.8 Å². The van der Waals surface area contributed by atoms with Crippen LogP contribution < -0.4 is 0 Å². The third-order valence-corrected chi connectivity index (χ3v) is 4.82. The Bertz CT molecular complexity index is 681. The number of hydrogen-bond acceptors (Lipinski definition) is 6. The number of azide groups is 1. The maximum absolute atomic E-state index is 12.5. The van der Waals surface area contributed by atoms with Gasteiger partial charge in [0, 0.05) is 23.4 Å². The minimum Gasteiger partial charge on any atom is -0.360 e. The number of rotatable bonds is 4. The average molecular weight is 362 g/mol. The number of carbonyl (C=O) groups excluding carboxylic acids is 1. The van der Waals surface area contributed by atoms with E-state index in [0.717, 1.165) is 10.6 Å². The zero-order valence-electron chi connectivity index (χ0n) is 14.9. The highest BCUT2D eigenvalue weighted by molar-refractivity contribution is 5.80. The normalized spacial score (nSPS) is 33.7. The third kappa shape index (κ3) is 3.53. The lowest BCUT2D eigenvalue weighted by molar-refractivity contribution is -0.300. The third-order valence-electron chi connectivity index (χ3n) is 4.82. The summed E-state index contributed by atoms with van der Waals surface area (Å²) in [6.45, 7) is 2.03. The number of hydrogen-bond donors (Lipinski definition) is 0. The molecule has 2 heterocycles. The molecule has 0 radical (unpaired) electrons. The van der Waals surface area contributed by atoms with Crippen LogP contribution in [0, 0.1) is 5.92 Å². The lowest BCUT2D eigenvalue weighted by Crippen LogP contribution is -2.61. The molecule has 1 aromatic carbocycles. The predicted octanol–water partition coefficient (Wildman–Crippen LogP) is 2.20. The maximum Gasteiger partial charge on any atom is 0.275 e. The Morgan fingerprint density at radius 3 is 2.73 bits per heavy atom. The monoisotopic (exact) mass is 362 g/mol. The van der Waals surface area contributed by atoms with Crippen LogP contribution in [0.5, 0.6) is 0 Å². The summed E-state index contributed by atoms with van der Waals surface area (Å²) in [5.74, 6) is -0.728. The summed E-state index contributed by atoms with van der Waals surface area (Å²) in [5, 5.41) is 5.01. The van der Waals surface area contributed by atoms with Gasteiger partial charge in [0.1, 0.15) is 12.2 Å². The smallest absolute Gasteiger partial charge is 0.275 e. The van der Waals surface area contributed by atoms with Crippen molar-refractivity contribution in [2.45, 2.75) is 37.6 Å². The van der Waals surface area contributed by atoms with Crippen molar-refractivity contribution in [3.8, 4) is 0 Å². The van der Waals surface area contributed by atoms with E-state index in [0.29, 0.717) is 0 Å². The highest BCUT2D eigenvalue weighted by atomic mass is 16.7. The van der Waals surface area contributed by atoms with Crippen molar-refractivity contribution in [1.82, 2.24) is 5.06 Å². The van der Waals surface area contributed by atoms with Gasteiger partial charge in [-0.2, -0.15) is 0 Å². The van der Waals surface area contributed by atoms with Crippen LogP contribution in [0.2, 0.25) is 0 Å². The molecule has 3 rings (SSSR count). The first-order valence-corrected chi connectivity index (χ1v) is 8.40. The molecule has 2 saturated heterocycles. The van der Waals surface area contributed by atoms with E-state index in [-0.39, 0.29) is 18.4 Å². The number of fused-ring (bicyclic) bond motifs is 1. The molecule has 26 heavy (non-hydrogen) atoms. The van der Waals surface area contributed by atoms with Crippen molar-refractivity contribution < 1.29 is 23.8 Å². The van der Waals surface area contributed by atoms with Crippen molar-refractivity contribution in [2.24, 2.45) is 11.0 Å². The molecule has 3 unspecified atom stereocenters. The summed E-state index contributed by atoms with van der Waals surface area (Å²) in [7, 11) is 2.91. The van der Waals surface area contributed by atoms with E-state index in [1.807, 2.05) is 30.3 Å². The first-order chi connectivity index (χ1) is 12.6. The second-order valence-corrected chi connectivity index (χ2v) is 6.34. The van der Waals surface area contributed by atoms with E-state index < -0.39 is 30.6 Å². The van der Waals surface area contributed by atoms with E-state index in [2.05, 4.69) is 10.0 Å². The lowest BCUT2D eigenvalue weighted by Gasteiger charge is -2.47. The average Bonchev–Trinajstić information content (AvgIpc) is 2.69. The zero-order chi connectivity index (χ0) is 18.7. The fraction of sp³-hybridized carbons (Fsp3) is 0.588. The first-order valence-electron chi connectivity index (χ1n) is 8.40. The molecule has 2 aliphatic heterocycles. The van der Waals surface area contributed by atoms with Crippen molar-refractivity contribution in [1.29, 1.82) is 0 Å². The number of nitrogens with zero attached hydrogens (tertiary/aromatic N) is 4. The minimum absolute atomic E-state index is 0.231. The Morgan fingerprint density at radius 2 is 2.08 bits per heavy atom. The topological polar surface area (TPSA) is 106 Å². The second-order valence-electron chi connectivity index (χ2n) is 6.34. The van der Waals surface area contributed by atoms with Gasteiger partial charge in [-0.05, 0) is 5.53 Å². The summed E-state index contributed by atoms with van der Waals surface area (Å²) < 4.78 is 17.8. The van der Waals surface area contributed by atoms with Crippen LogP contribution >= 0.6 is 0 Å². The fourth-order valence-corrected chi connectivity index (χ4v) is 3.32. The summed E-state index contributed by atoms with van der Waals surface area (Å²) in [6.07, 6.45) is -2.40. The van der Waals surface area contributed by atoms with Gasteiger partial charge < -0.3 is 14.2 Å². The molecule has 0 aliphatic carbocycles. The van der Waals surface area contributed by atoms with Crippen LogP contribution in [0.25, 0.3) is 10.4 Å². The van der Waals surface area contributed by atoms with Gasteiger partial charge in [0.05, 0.1) is 25.9 Å². The number of ether oxygens (including phenoxy) is 3. The Kier molecular flexibility index (Phi) is 5.75.